The number of hydrogen-bond donors (Lipinski definition) is 4. The molecule has 4 N–H and O–H groups in total. The fraction of sp³-hybridized carbons (Fsp3) is 0.320. The zero-order valence-electron chi connectivity index (χ0n) is 21.3. The quantitative estimate of drug-likeness (QED) is 0.163. The van der Waals surface area contributed by atoms with Crippen LogP contribution in [-0.2, 0) is 11.3 Å². The standard InChI is InChI=1S/C25H27F3N6O6/c1-2-38-20(35)17-6-8-18(9-7-17)31-22-32-21(33-23(34-22)40-15-25(26,27)28)30-14-16-4-10-19(11-5-16)39-13-3-12-29-24(36)37/h4-11,29H,2-3,12-15H2,1H3,(H,36,37)(H2,30,31,32,33,34). The van der Waals surface area contributed by atoms with Gasteiger partial charge in [0, 0.05) is 18.8 Å². The van der Waals surface area contributed by atoms with Crippen molar-refractivity contribution < 1.29 is 42.1 Å². The molecular weight excluding hydrogens is 537 g/mol. The normalized spacial score (nSPS) is 10.9. The van der Waals surface area contributed by atoms with Crippen molar-refractivity contribution in [1.29, 1.82) is 0 Å². The Morgan fingerprint density at radius 3 is 2.30 bits per heavy atom. The second-order valence-corrected chi connectivity index (χ2v) is 8.02. The number of aromatic nitrogens is 3. The molecule has 0 spiro atoms. The van der Waals surface area contributed by atoms with Gasteiger partial charge in [-0.2, -0.15) is 28.1 Å². The summed E-state index contributed by atoms with van der Waals surface area (Å²) in [4.78, 5) is 34.3. The number of esters is 1. The molecule has 40 heavy (non-hydrogen) atoms. The van der Waals surface area contributed by atoms with Crippen molar-refractivity contribution in [1.82, 2.24) is 20.3 Å². The molecule has 1 heterocycles. The van der Waals surface area contributed by atoms with Gasteiger partial charge in [0.05, 0.1) is 18.8 Å². The highest BCUT2D eigenvalue weighted by Gasteiger charge is 2.29. The molecule has 3 aromatic rings. The van der Waals surface area contributed by atoms with E-state index >= 15 is 0 Å². The summed E-state index contributed by atoms with van der Waals surface area (Å²) in [6.45, 7) is 1.15. The van der Waals surface area contributed by atoms with Gasteiger partial charge >= 0.3 is 24.2 Å². The number of ether oxygens (including phenoxy) is 3. The molecule has 3 rings (SSSR count). The number of carboxylic acid groups (broad SMARTS) is 1. The molecule has 0 unspecified atom stereocenters. The molecule has 0 bridgehead atoms. The van der Waals surface area contributed by atoms with Crippen LogP contribution >= 0.6 is 0 Å². The SMILES string of the molecule is CCOC(=O)c1ccc(Nc2nc(NCc3ccc(OCCCNC(=O)O)cc3)nc(OCC(F)(F)F)n2)cc1. The lowest BCUT2D eigenvalue weighted by atomic mass is 10.2. The molecule has 0 aliphatic rings. The second-order valence-electron chi connectivity index (χ2n) is 8.02. The van der Waals surface area contributed by atoms with Gasteiger partial charge < -0.3 is 35.3 Å². The molecule has 12 nitrogen and oxygen atoms in total. The van der Waals surface area contributed by atoms with Crippen molar-refractivity contribution in [2.75, 3.05) is 37.0 Å². The highest BCUT2D eigenvalue weighted by molar-refractivity contribution is 5.89. The molecule has 1 amide bonds. The third-order valence-corrected chi connectivity index (χ3v) is 4.87. The van der Waals surface area contributed by atoms with Crippen LogP contribution in [0, 0.1) is 0 Å². The van der Waals surface area contributed by atoms with E-state index in [2.05, 4.69) is 30.9 Å². The van der Waals surface area contributed by atoms with Gasteiger partial charge in [0.2, 0.25) is 11.9 Å². The Bertz CT molecular complexity index is 1260. The minimum Gasteiger partial charge on any atom is -0.494 e. The van der Waals surface area contributed by atoms with E-state index in [4.69, 9.17) is 19.3 Å². The Kier molecular flexibility index (Phi) is 10.7. The first-order chi connectivity index (χ1) is 19.1. The largest absolute Gasteiger partial charge is 0.494 e. The van der Waals surface area contributed by atoms with E-state index in [0.717, 1.165) is 5.56 Å². The number of carbonyl (C=O) groups excluding carboxylic acids is 1. The number of anilines is 3. The number of nitrogens with one attached hydrogen (secondary N) is 3. The van der Waals surface area contributed by atoms with Crippen LogP contribution < -0.4 is 25.4 Å². The first-order valence-corrected chi connectivity index (χ1v) is 12.0. The van der Waals surface area contributed by atoms with Crippen molar-refractivity contribution >= 4 is 29.6 Å². The summed E-state index contributed by atoms with van der Waals surface area (Å²) in [6.07, 6.45) is -5.19. The molecule has 0 aliphatic heterocycles. The van der Waals surface area contributed by atoms with Crippen molar-refractivity contribution in [3.8, 4) is 11.8 Å². The van der Waals surface area contributed by atoms with Crippen molar-refractivity contribution in [2.45, 2.75) is 26.1 Å². The lowest BCUT2D eigenvalue weighted by Gasteiger charge is -2.12. The van der Waals surface area contributed by atoms with Crippen molar-refractivity contribution in [3.05, 3.63) is 59.7 Å². The lowest BCUT2D eigenvalue weighted by molar-refractivity contribution is -0.154. The fourth-order valence-corrected chi connectivity index (χ4v) is 3.08. The number of amides is 1. The molecule has 0 aliphatic carbocycles. The summed E-state index contributed by atoms with van der Waals surface area (Å²) in [7, 11) is 0. The number of alkyl halides is 3. The minimum atomic E-state index is -4.59. The highest BCUT2D eigenvalue weighted by Crippen LogP contribution is 2.21. The summed E-state index contributed by atoms with van der Waals surface area (Å²) in [6, 6.07) is 12.6. The molecular formula is C25H27F3N6O6. The maximum Gasteiger partial charge on any atom is 0.422 e. The number of halogens is 3. The van der Waals surface area contributed by atoms with Gasteiger partial charge in [-0.15, -0.1) is 0 Å². The van der Waals surface area contributed by atoms with Gasteiger partial charge in [0.25, 0.3) is 0 Å². The Balaban J connectivity index is 1.64. The Morgan fingerprint density at radius 2 is 1.65 bits per heavy atom. The number of benzene rings is 2. The van der Waals surface area contributed by atoms with Gasteiger partial charge in [-0.25, -0.2) is 9.59 Å². The number of nitrogens with zero attached hydrogens (tertiary/aromatic N) is 3. The number of hydrogen-bond acceptors (Lipinski definition) is 10. The monoisotopic (exact) mass is 564 g/mol. The highest BCUT2D eigenvalue weighted by atomic mass is 19.4. The molecule has 214 valence electrons. The molecule has 0 atom stereocenters. The first kappa shape index (κ1) is 29.7. The Hall–Kier alpha value is -4.82. The smallest absolute Gasteiger partial charge is 0.422 e. The maximum atomic E-state index is 12.7. The summed E-state index contributed by atoms with van der Waals surface area (Å²) in [5.74, 6) is -0.0255. The average molecular weight is 565 g/mol. The number of carbonyl (C=O) groups is 2. The van der Waals surface area contributed by atoms with E-state index in [1.165, 1.54) is 12.1 Å². The van der Waals surface area contributed by atoms with Gasteiger partial charge in [-0.3, -0.25) is 0 Å². The van der Waals surface area contributed by atoms with Gasteiger partial charge in [0.15, 0.2) is 6.61 Å². The molecule has 0 fully saturated rings. The molecule has 1 aromatic heterocycles. The van der Waals surface area contributed by atoms with E-state index in [1.54, 1.807) is 43.3 Å². The molecule has 0 radical (unpaired) electrons. The van der Waals surface area contributed by atoms with E-state index in [9.17, 15) is 22.8 Å². The summed E-state index contributed by atoms with van der Waals surface area (Å²) in [5.41, 5.74) is 1.58. The van der Waals surface area contributed by atoms with E-state index < -0.39 is 30.9 Å². The molecule has 15 heteroatoms. The Labute approximate surface area is 226 Å². The fourth-order valence-electron chi connectivity index (χ4n) is 3.08. The predicted octanol–water partition coefficient (Wildman–Crippen LogP) is 4.38. The van der Waals surface area contributed by atoms with Gasteiger partial charge in [-0.1, -0.05) is 12.1 Å². The third kappa shape index (κ3) is 10.5. The topological polar surface area (TPSA) is 157 Å². The summed E-state index contributed by atoms with van der Waals surface area (Å²) in [5, 5.41) is 16.6. The van der Waals surface area contributed by atoms with Crippen LogP contribution in [0.25, 0.3) is 0 Å². The Morgan fingerprint density at radius 1 is 0.950 bits per heavy atom. The number of rotatable bonds is 14. The minimum absolute atomic E-state index is 0.0379. The summed E-state index contributed by atoms with van der Waals surface area (Å²) >= 11 is 0. The van der Waals surface area contributed by atoms with Gasteiger partial charge in [-0.05, 0) is 55.3 Å². The second kappa shape index (κ2) is 14.4. The van der Waals surface area contributed by atoms with Crippen molar-refractivity contribution in [2.24, 2.45) is 0 Å². The molecule has 2 aromatic carbocycles. The summed E-state index contributed by atoms with van der Waals surface area (Å²) < 4.78 is 53.3. The third-order valence-electron chi connectivity index (χ3n) is 4.87. The van der Waals surface area contributed by atoms with E-state index in [0.29, 0.717) is 30.0 Å². The van der Waals surface area contributed by atoms with Crippen molar-refractivity contribution in [3.63, 3.8) is 0 Å². The molecule has 0 saturated carbocycles. The first-order valence-electron chi connectivity index (χ1n) is 12.0. The van der Waals surface area contributed by atoms with E-state index in [-0.39, 0.29) is 31.6 Å². The zero-order chi connectivity index (χ0) is 29.0. The van der Waals surface area contributed by atoms with Gasteiger partial charge in [0.1, 0.15) is 5.75 Å². The van der Waals surface area contributed by atoms with Crippen LogP contribution in [0.4, 0.5) is 35.5 Å². The molecule has 0 saturated heterocycles. The van der Waals surface area contributed by atoms with Crippen LogP contribution in [0.5, 0.6) is 11.8 Å². The predicted molar refractivity (Wildman–Crippen MR) is 137 cm³/mol. The van der Waals surface area contributed by atoms with Crippen LogP contribution in [0.3, 0.4) is 0 Å². The van der Waals surface area contributed by atoms with E-state index in [1.807, 2.05) is 0 Å². The maximum absolute atomic E-state index is 12.7. The van der Waals surface area contributed by atoms with Crippen LogP contribution in [0.2, 0.25) is 0 Å². The zero-order valence-corrected chi connectivity index (χ0v) is 21.3. The van der Waals surface area contributed by atoms with Crippen LogP contribution in [-0.4, -0.2) is 64.7 Å². The van der Waals surface area contributed by atoms with Crippen LogP contribution in [0.1, 0.15) is 29.3 Å². The van der Waals surface area contributed by atoms with Crippen LogP contribution in [0.15, 0.2) is 48.5 Å². The average Bonchev–Trinajstić information content (AvgIpc) is 2.91. The lowest BCUT2D eigenvalue weighted by Crippen LogP contribution is -2.23.